The standard InChI is InChI=1S/C20H18F2N4O2/c1-28-14-3-5-16(21)19(9-14)25-18-6-7-26(20(18)27)13-2-4-15(17(22)8-13)12-10-23-24-11-12/h2-5,8-11,18,25H,6-7H2,1H3,(H,23,24). The Labute approximate surface area is 160 Å². The molecule has 0 radical (unpaired) electrons. The van der Waals surface area contributed by atoms with Gasteiger partial charge in [-0.1, -0.05) is 0 Å². The van der Waals surface area contributed by atoms with Gasteiger partial charge in [0.05, 0.1) is 19.0 Å². The first-order valence-corrected chi connectivity index (χ1v) is 8.77. The summed E-state index contributed by atoms with van der Waals surface area (Å²) in [5.74, 6) is -0.662. The zero-order chi connectivity index (χ0) is 19.7. The number of halogens is 2. The van der Waals surface area contributed by atoms with E-state index in [4.69, 9.17) is 4.74 Å². The van der Waals surface area contributed by atoms with Crippen LogP contribution in [0.25, 0.3) is 11.1 Å². The van der Waals surface area contributed by atoms with Crippen molar-refractivity contribution in [3.63, 3.8) is 0 Å². The number of benzene rings is 2. The molecule has 2 aromatic carbocycles. The van der Waals surface area contributed by atoms with Crippen LogP contribution in [-0.2, 0) is 4.79 Å². The lowest BCUT2D eigenvalue weighted by molar-refractivity contribution is -0.117. The predicted octanol–water partition coefficient (Wildman–Crippen LogP) is 3.58. The van der Waals surface area contributed by atoms with Gasteiger partial charge in [-0.15, -0.1) is 0 Å². The number of ether oxygens (including phenoxy) is 1. The second-order valence-corrected chi connectivity index (χ2v) is 6.47. The summed E-state index contributed by atoms with van der Waals surface area (Å²) < 4.78 is 33.6. The molecule has 4 rings (SSSR count). The number of carbonyl (C=O) groups excluding carboxylic acids is 1. The third-order valence-corrected chi connectivity index (χ3v) is 4.78. The van der Waals surface area contributed by atoms with Crippen LogP contribution in [0.3, 0.4) is 0 Å². The van der Waals surface area contributed by atoms with Gasteiger partial charge >= 0.3 is 0 Å². The first-order valence-electron chi connectivity index (χ1n) is 8.77. The van der Waals surface area contributed by atoms with Crippen molar-refractivity contribution in [2.45, 2.75) is 12.5 Å². The molecule has 1 atom stereocenters. The van der Waals surface area contributed by atoms with Crippen LogP contribution in [0.1, 0.15) is 6.42 Å². The first-order chi connectivity index (χ1) is 13.6. The molecule has 1 aliphatic heterocycles. The molecule has 1 amide bonds. The molecule has 0 aliphatic carbocycles. The van der Waals surface area contributed by atoms with E-state index in [9.17, 15) is 13.6 Å². The zero-order valence-electron chi connectivity index (χ0n) is 15.1. The van der Waals surface area contributed by atoms with E-state index in [0.717, 1.165) is 0 Å². The summed E-state index contributed by atoms with van der Waals surface area (Å²) in [6.07, 6.45) is 3.60. The van der Waals surface area contributed by atoms with E-state index >= 15 is 0 Å². The number of hydrogen-bond donors (Lipinski definition) is 2. The van der Waals surface area contributed by atoms with Gasteiger partial charge in [0.15, 0.2) is 0 Å². The van der Waals surface area contributed by atoms with Gasteiger partial charge in [0.2, 0.25) is 5.91 Å². The smallest absolute Gasteiger partial charge is 0.249 e. The number of aromatic nitrogens is 2. The molecule has 28 heavy (non-hydrogen) atoms. The van der Waals surface area contributed by atoms with E-state index in [2.05, 4.69) is 15.5 Å². The van der Waals surface area contributed by atoms with Gasteiger partial charge in [-0.2, -0.15) is 5.10 Å². The molecule has 0 spiro atoms. The highest BCUT2D eigenvalue weighted by atomic mass is 19.1. The second-order valence-electron chi connectivity index (χ2n) is 6.47. The molecule has 1 aliphatic rings. The summed E-state index contributed by atoms with van der Waals surface area (Å²) in [6, 6.07) is 8.33. The van der Waals surface area contributed by atoms with E-state index in [1.165, 1.54) is 42.5 Å². The number of nitrogens with zero attached hydrogens (tertiary/aromatic N) is 2. The van der Waals surface area contributed by atoms with Crippen LogP contribution in [-0.4, -0.2) is 35.8 Å². The van der Waals surface area contributed by atoms with Crippen molar-refractivity contribution in [2.24, 2.45) is 0 Å². The van der Waals surface area contributed by atoms with Gasteiger partial charge in [0.1, 0.15) is 23.4 Å². The Balaban J connectivity index is 1.52. The van der Waals surface area contributed by atoms with Gasteiger partial charge in [-0.05, 0) is 36.8 Å². The van der Waals surface area contributed by atoms with Crippen molar-refractivity contribution >= 4 is 17.3 Å². The number of H-pyrrole nitrogens is 1. The Morgan fingerprint density at radius 1 is 1.21 bits per heavy atom. The molecule has 8 heteroatoms. The van der Waals surface area contributed by atoms with E-state index in [-0.39, 0.29) is 11.6 Å². The fraction of sp³-hybridized carbons (Fsp3) is 0.200. The number of nitrogens with one attached hydrogen (secondary N) is 2. The monoisotopic (exact) mass is 384 g/mol. The molecule has 0 saturated carbocycles. The van der Waals surface area contributed by atoms with E-state index in [1.54, 1.807) is 18.3 Å². The third-order valence-electron chi connectivity index (χ3n) is 4.78. The maximum Gasteiger partial charge on any atom is 0.249 e. The molecular weight excluding hydrogens is 366 g/mol. The first kappa shape index (κ1) is 18.0. The summed E-state index contributed by atoms with van der Waals surface area (Å²) in [5, 5.41) is 9.39. The normalized spacial score (nSPS) is 16.5. The average Bonchev–Trinajstić information content (AvgIpc) is 3.34. The van der Waals surface area contributed by atoms with Gasteiger partial charge < -0.3 is 15.0 Å². The zero-order valence-corrected chi connectivity index (χ0v) is 15.1. The molecule has 1 unspecified atom stereocenters. The van der Waals surface area contributed by atoms with Crippen molar-refractivity contribution in [1.29, 1.82) is 0 Å². The third kappa shape index (κ3) is 3.28. The minimum Gasteiger partial charge on any atom is -0.497 e. The summed E-state index contributed by atoms with van der Waals surface area (Å²) in [5.41, 5.74) is 1.69. The Morgan fingerprint density at radius 2 is 2.07 bits per heavy atom. The van der Waals surface area contributed by atoms with Crippen molar-refractivity contribution in [1.82, 2.24) is 10.2 Å². The molecular formula is C20H18F2N4O2. The molecule has 1 saturated heterocycles. The fourth-order valence-electron chi connectivity index (χ4n) is 3.30. The van der Waals surface area contributed by atoms with Gasteiger partial charge in [0, 0.05) is 35.6 Å². The largest absolute Gasteiger partial charge is 0.497 e. The molecule has 0 bridgehead atoms. The summed E-state index contributed by atoms with van der Waals surface area (Å²) in [4.78, 5) is 14.3. The minimum absolute atomic E-state index is 0.195. The van der Waals surface area contributed by atoms with Crippen molar-refractivity contribution < 1.29 is 18.3 Å². The Kier molecular flexibility index (Phi) is 4.68. The highest BCUT2D eigenvalue weighted by Gasteiger charge is 2.33. The van der Waals surface area contributed by atoms with Crippen LogP contribution >= 0.6 is 0 Å². The molecule has 3 aromatic rings. The van der Waals surface area contributed by atoms with Crippen LogP contribution in [0.5, 0.6) is 5.75 Å². The van der Waals surface area contributed by atoms with Crippen LogP contribution in [0.2, 0.25) is 0 Å². The van der Waals surface area contributed by atoms with Gasteiger partial charge in [0.25, 0.3) is 0 Å². The lowest BCUT2D eigenvalue weighted by Gasteiger charge is -2.19. The summed E-state index contributed by atoms with van der Waals surface area (Å²) in [6.45, 7) is 0.409. The van der Waals surface area contributed by atoms with Crippen LogP contribution in [0.4, 0.5) is 20.2 Å². The van der Waals surface area contributed by atoms with Crippen LogP contribution in [0, 0.1) is 11.6 Å². The highest BCUT2D eigenvalue weighted by Crippen LogP contribution is 2.30. The predicted molar refractivity (Wildman–Crippen MR) is 101 cm³/mol. The van der Waals surface area contributed by atoms with Crippen LogP contribution in [0.15, 0.2) is 48.8 Å². The van der Waals surface area contributed by atoms with E-state index in [1.807, 2.05) is 0 Å². The lowest BCUT2D eigenvalue weighted by Crippen LogP contribution is -2.33. The molecule has 2 heterocycles. The number of hydrogen-bond acceptors (Lipinski definition) is 4. The topological polar surface area (TPSA) is 70.2 Å². The number of aromatic amines is 1. The summed E-state index contributed by atoms with van der Waals surface area (Å²) >= 11 is 0. The second kappa shape index (κ2) is 7.30. The molecule has 6 nitrogen and oxygen atoms in total. The van der Waals surface area contributed by atoms with Gasteiger partial charge in [-0.3, -0.25) is 9.89 Å². The average molecular weight is 384 g/mol. The molecule has 144 valence electrons. The minimum atomic E-state index is -0.599. The van der Waals surface area contributed by atoms with Crippen molar-refractivity contribution in [3.05, 3.63) is 60.4 Å². The highest BCUT2D eigenvalue weighted by molar-refractivity contribution is 6.01. The molecule has 1 fully saturated rings. The van der Waals surface area contributed by atoms with Crippen LogP contribution < -0.4 is 15.0 Å². The lowest BCUT2D eigenvalue weighted by atomic mass is 10.1. The summed E-state index contributed by atoms with van der Waals surface area (Å²) in [7, 11) is 1.49. The quantitative estimate of drug-likeness (QED) is 0.706. The Hall–Kier alpha value is -3.42. The number of methoxy groups -OCH3 is 1. The molecule has 2 N–H and O–H groups in total. The van der Waals surface area contributed by atoms with Crippen molar-refractivity contribution in [3.8, 4) is 16.9 Å². The van der Waals surface area contributed by atoms with Crippen molar-refractivity contribution in [2.75, 3.05) is 23.9 Å². The maximum absolute atomic E-state index is 14.5. The number of rotatable bonds is 5. The number of amides is 1. The number of carbonyl (C=O) groups is 1. The van der Waals surface area contributed by atoms with E-state index < -0.39 is 17.7 Å². The van der Waals surface area contributed by atoms with Gasteiger partial charge in [-0.25, -0.2) is 8.78 Å². The Bertz CT molecular complexity index is 1010. The van der Waals surface area contributed by atoms with E-state index in [0.29, 0.717) is 35.5 Å². The fourth-order valence-corrected chi connectivity index (χ4v) is 3.30. The Morgan fingerprint density at radius 3 is 2.79 bits per heavy atom. The molecule has 1 aromatic heterocycles. The maximum atomic E-state index is 14.5. The number of anilines is 2. The SMILES string of the molecule is COc1ccc(F)c(NC2CCN(c3ccc(-c4cn[nH]c4)c(F)c3)C2=O)c1.